The fraction of sp³-hybridized carbons (Fsp3) is 0.571. The molecule has 18 heavy (non-hydrogen) atoms. The molecule has 0 bridgehead atoms. The molecule has 1 nitrogen and oxygen atoms in total. The topological polar surface area (TPSA) is 3.24 Å². The van der Waals surface area contributed by atoms with E-state index in [1.807, 2.05) is 6.07 Å². The van der Waals surface area contributed by atoms with Gasteiger partial charge in [-0.1, -0.05) is 18.6 Å². The van der Waals surface area contributed by atoms with E-state index in [2.05, 4.69) is 20.8 Å². The lowest BCUT2D eigenvalue weighted by molar-refractivity contribution is 0.119. The first-order valence-corrected chi connectivity index (χ1v) is 7.78. The summed E-state index contributed by atoms with van der Waals surface area (Å²) in [5.74, 6) is 0.506. The van der Waals surface area contributed by atoms with Gasteiger partial charge in [0.2, 0.25) is 0 Å². The van der Waals surface area contributed by atoms with Gasteiger partial charge in [0.25, 0.3) is 0 Å². The standard InChI is InChI=1S/C14H18BrClFN/c15-14-11(4-1-7-13(14)17)10-18(9-3-8-16)12-5-2-6-12/h1,4,7,12H,2-3,5-6,8-10H2. The number of rotatable bonds is 6. The molecule has 2 rings (SSSR count). The second-order valence-electron chi connectivity index (χ2n) is 4.81. The van der Waals surface area contributed by atoms with E-state index < -0.39 is 0 Å². The fourth-order valence-corrected chi connectivity index (χ4v) is 2.80. The zero-order chi connectivity index (χ0) is 13.0. The first-order valence-electron chi connectivity index (χ1n) is 6.45. The second kappa shape index (κ2) is 6.88. The van der Waals surface area contributed by atoms with E-state index in [9.17, 15) is 4.39 Å². The van der Waals surface area contributed by atoms with Gasteiger partial charge < -0.3 is 0 Å². The molecule has 1 aliphatic rings. The van der Waals surface area contributed by atoms with Crippen molar-refractivity contribution >= 4 is 27.5 Å². The van der Waals surface area contributed by atoms with Crippen molar-refractivity contribution < 1.29 is 4.39 Å². The lowest BCUT2D eigenvalue weighted by atomic mass is 9.91. The Morgan fingerprint density at radius 1 is 1.39 bits per heavy atom. The van der Waals surface area contributed by atoms with Crippen molar-refractivity contribution in [2.24, 2.45) is 0 Å². The summed E-state index contributed by atoms with van der Waals surface area (Å²) in [6.07, 6.45) is 4.82. The van der Waals surface area contributed by atoms with Gasteiger partial charge in [-0.15, -0.1) is 11.6 Å². The molecule has 0 spiro atoms. The SMILES string of the molecule is Fc1cccc(CN(CCCCl)C2CCC2)c1Br. The number of hydrogen-bond acceptors (Lipinski definition) is 1. The van der Waals surface area contributed by atoms with Crippen molar-refractivity contribution in [2.45, 2.75) is 38.3 Å². The van der Waals surface area contributed by atoms with Crippen LogP contribution in [-0.4, -0.2) is 23.4 Å². The van der Waals surface area contributed by atoms with Crippen LogP contribution < -0.4 is 0 Å². The molecule has 0 unspecified atom stereocenters. The Morgan fingerprint density at radius 3 is 2.78 bits per heavy atom. The predicted octanol–water partition coefficient (Wildman–Crippen LogP) is 4.57. The Labute approximate surface area is 121 Å². The number of benzene rings is 1. The van der Waals surface area contributed by atoms with Crippen molar-refractivity contribution in [3.05, 3.63) is 34.1 Å². The van der Waals surface area contributed by atoms with Crippen LogP contribution in [0.4, 0.5) is 4.39 Å². The Hall–Kier alpha value is -0.120. The summed E-state index contributed by atoms with van der Waals surface area (Å²) in [6, 6.07) is 5.90. The third-order valence-corrected chi connectivity index (χ3v) is 4.73. The maximum atomic E-state index is 13.5. The summed E-state index contributed by atoms with van der Waals surface area (Å²) in [6.45, 7) is 1.80. The predicted molar refractivity (Wildman–Crippen MR) is 77.5 cm³/mol. The molecule has 0 atom stereocenters. The van der Waals surface area contributed by atoms with Gasteiger partial charge in [-0.3, -0.25) is 4.90 Å². The van der Waals surface area contributed by atoms with Gasteiger partial charge in [-0.05, 0) is 53.4 Å². The molecule has 1 aliphatic carbocycles. The highest BCUT2D eigenvalue weighted by atomic mass is 79.9. The van der Waals surface area contributed by atoms with Crippen LogP contribution in [0.1, 0.15) is 31.2 Å². The number of alkyl halides is 1. The van der Waals surface area contributed by atoms with Crippen molar-refractivity contribution in [2.75, 3.05) is 12.4 Å². The summed E-state index contributed by atoms with van der Waals surface area (Å²) >= 11 is 9.11. The van der Waals surface area contributed by atoms with Gasteiger partial charge in [0.05, 0.1) is 4.47 Å². The lowest BCUT2D eigenvalue weighted by Crippen LogP contribution is -2.40. The first-order chi connectivity index (χ1) is 8.72. The van der Waals surface area contributed by atoms with Gasteiger partial charge in [-0.2, -0.15) is 0 Å². The van der Waals surface area contributed by atoms with Crippen LogP contribution in [0.25, 0.3) is 0 Å². The van der Waals surface area contributed by atoms with Gasteiger partial charge >= 0.3 is 0 Å². The number of hydrogen-bond donors (Lipinski definition) is 0. The molecule has 1 aromatic carbocycles. The van der Waals surface area contributed by atoms with E-state index in [-0.39, 0.29) is 5.82 Å². The normalized spacial score (nSPS) is 16.0. The molecule has 0 aromatic heterocycles. The van der Waals surface area contributed by atoms with Crippen LogP contribution in [0.3, 0.4) is 0 Å². The molecule has 0 radical (unpaired) electrons. The van der Waals surface area contributed by atoms with E-state index in [4.69, 9.17) is 11.6 Å². The fourth-order valence-electron chi connectivity index (χ4n) is 2.29. The zero-order valence-electron chi connectivity index (χ0n) is 10.3. The van der Waals surface area contributed by atoms with Crippen molar-refractivity contribution in [1.82, 2.24) is 4.90 Å². The largest absolute Gasteiger partial charge is 0.296 e. The first kappa shape index (κ1) is 14.3. The Kier molecular flexibility index (Phi) is 5.46. The summed E-state index contributed by atoms with van der Waals surface area (Å²) < 4.78 is 14.1. The summed E-state index contributed by atoms with van der Waals surface area (Å²) in [5, 5.41) is 0. The van der Waals surface area contributed by atoms with Crippen LogP contribution in [0.15, 0.2) is 22.7 Å². The lowest BCUT2D eigenvalue weighted by Gasteiger charge is -2.37. The van der Waals surface area contributed by atoms with Crippen molar-refractivity contribution in [3.8, 4) is 0 Å². The minimum absolute atomic E-state index is 0.182. The highest BCUT2D eigenvalue weighted by Crippen LogP contribution is 2.29. The molecular formula is C14H18BrClFN. The van der Waals surface area contributed by atoms with Crippen LogP contribution >= 0.6 is 27.5 Å². The monoisotopic (exact) mass is 333 g/mol. The molecule has 1 saturated carbocycles. The molecule has 4 heteroatoms. The highest BCUT2D eigenvalue weighted by molar-refractivity contribution is 9.10. The highest BCUT2D eigenvalue weighted by Gasteiger charge is 2.25. The molecular weight excluding hydrogens is 317 g/mol. The number of halogens is 3. The van der Waals surface area contributed by atoms with E-state index in [1.54, 1.807) is 6.07 Å². The average molecular weight is 335 g/mol. The summed E-state index contributed by atoms with van der Waals surface area (Å²) in [4.78, 5) is 2.44. The number of nitrogens with zero attached hydrogens (tertiary/aromatic N) is 1. The van der Waals surface area contributed by atoms with Crippen LogP contribution in [0.2, 0.25) is 0 Å². The van der Waals surface area contributed by atoms with Crippen LogP contribution in [-0.2, 0) is 6.54 Å². The maximum absolute atomic E-state index is 13.5. The smallest absolute Gasteiger partial charge is 0.137 e. The molecule has 0 amide bonds. The van der Waals surface area contributed by atoms with E-state index in [0.29, 0.717) is 16.4 Å². The molecule has 1 fully saturated rings. The van der Waals surface area contributed by atoms with E-state index in [1.165, 1.54) is 25.3 Å². The Balaban J connectivity index is 2.04. The third kappa shape index (κ3) is 3.46. The van der Waals surface area contributed by atoms with Crippen molar-refractivity contribution in [3.63, 3.8) is 0 Å². The van der Waals surface area contributed by atoms with Gasteiger partial charge in [0.1, 0.15) is 5.82 Å². The van der Waals surface area contributed by atoms with Crippen LogP contribution in [0.5, 0.6) is 0 Å². The molecule has 0 aliphatic heterocycles. The van der Waals surface area contributed by atoms with Gasteiger partial charge in [0, 0.05) is 18.5 Å². The molecule has 1 aromatic rings. The molecule has 0 heterocycles. The minimum atomic E-state index is -0.182. The Morgan fingerprint density at radius 2 is 2.17 bits per heavy atom. The van der Waals surface area contributed by atoms with Crippen molar-refractivity contribution in [1.29, 1.82) is 0 Å². The van der Waals surface area contributed by atoms with Crippen LogP contribution in [0, 0.1) is 5.82 Å². The summed E-state index contributed by atoms with van der Waals surface area (Å²) in [5.41, 5.74) is 1.02. The zero-order valence-corrected chi connectivity index (χ0v) is 12.7. The average Bonchev–Trinajstić information content (AvgIpc) is 2.29. The minimum Gasteiger partial charge on any atom is -0.296 e. The van der Waals surface area contributed by atoms with E-state index in [0.717, 1.165) is 25.1 Å². The quantitative estimate of drug-likeness (QED) is 0.689. The summed E-state index contributed by atoms with van der Waals surface area (Å²) in [7, 11) is 0. The Bertz CT molecular complexity index is 395. The molecule has 0 saturated heterocycles. The van der Waals surface area contributed by atoms with Gasteiger partial charge in [-0.25, -0.2) is 4.39 Å². The molecule has 100 valence electrons. The third-order valence-electron chi connectivity index (χ3n) is 3.58. The van der Waals surface area contributed by atoms with Gasteiger partial charge in [0.15, 0.2) is 0 Å². The van der Waals surface area contributed by atoms with E-state index >= 15 is 0 Å². The second-order valence-corrected chi connectivity index (χ2v) is 5.98. The molecule has 0 N–H and O–H groups in total. The maximum Gasteiger partial charge on any atom is 0.137 e.